The number of aromatic nitrogens is 3. The lowest BCUT2D eigenvalue weighted by atomic mass is 10.0. The second kappa shape index (κ2) is 5.79. The van der Waals surface area contributed by atoms with Crippen molar-refractivity contribution in [3.8, 4) is 5.69 Å². The predicted octanol–water partition coefficient (Wildman–Crippen LogP) is 3.42. The first kappa shape index (κ1) is 14.0. The van der Waals surface area contributed by atoms with E-state index in [1.165, 1.54) is 0 Å². The Morgan fingerprint density at radius 2 is 1.90 bits per heavy atom. The Morgan fingerprint density at radius 3 is 2.62 bits per heavy atom. The second-order valence-electron chi connectivity index (χ2n) is 4.82. The molecule has 0 aliphatic heterocycles. The minimum Gasteiger partial charge on any atom is -0.382 e. The Labute approximate surface area is 131 Å². The van der Waals surface area contributed by atoms with Crippen LogP contribution in [0.2, 0.25) is 0 Å². The third-order valence-corrected chi connectivity index (χ3v) is 4.24. The van der Waals surface area contributed by atoms with Crippen molar-refractivity contribution in [3.05, 3.63) is 76.0 Å². The average Bonchev–Trinajstić information content (AvgIpc) is 2.99. The maximum absolute atomic E-state index is 10.6. The number of aliphatic hydroxyl groups is 1. The summed E-state index contributed by atoms with van der Waals surface area (Å²) < 4.78 is 2.68. The van der Waals surface area contributed by atoms with Crippen molar-refractivity contribution in [3.63, 3.8) is 0 Å². The Bertz CT molecular complexity index is 755. The van der Waals surface area contributed by atoms with Gasteiger partial charge < -0.3 is 5.11 Å². The van der Waals surface area contributed by atoms with E-state index in [2.05, 4.69) is 26.2 Å². The molecule has 0 radical (unpaired) electrons. The fraction of sp³-hybridized carbons (Fsp3) is 0.125. The lowest BCUT2D eigenvalue weighted by Gasteiger charge is -2.14. The third-order valence-electron chi connectivity index (χ3n) is 3.35. The van der Waals surface area contributed by atoms with Crippen LogP contribution in [-0.2, 0) is 0 Å². The summed E-state index contributed by atoms with van der Waals surface area (Å²) in [6, 6.07) is 15.4. The molecule has 0 aliphatic rings. The van der Waals surface area contributed by atoms with Gasteiger partial charge in [0, 0.05) is 4.47 Å². The molecule has 106 valence electrons. The lowest BCUT2D eigenvalue weighted by molar-refractivity contribution is 0.212. The molecule has 1 aromatic heterocycles. The fourth-order valence-corrected chi connectivity index (χ4v) is 2.45. The van der Waals surface area contributed by atoms with Crippen LogP contribution in [0.1, 0.15) is 22.9 Å². The first-order valence-electron chi connectivity index (χ1n) is 6.57. The molecule has 0 bridgehead atoms. The van der Waals surface area contributed by atoms with Gasteiger partial charge in [-0.15, -0.1) is 5.10 Å². The molecule has 0 saturated carbocycles. The normalized spacial score (nSPS) is 12.3. The van der Waals surface area contributed by atoms with Crippen LogP contribution in [0, 0.1) is 6.92 Å². The quantitative estimate of drug-likeness (QED) is 0.792. The summed E-state index contributed by atoms with van der Waals surface area (Å²) in [5, 5.41) is 18.6. The zero-order chi connectivity index (χ0) is 14.8. The van der Waals surface area contributed by atoms with E-state index in [4.69, 9.17) is 0 Å². The molecule has 0 fully saturated rings. The van der Waals surface area contributed by atoms with Gasteiger partial charge in [-0.3, -0.25) is 0 Å². The summed E-state index contributed by atoms with van der Waals surface area (Å²) >= 11 is 3.47. The van der Waals surface area contributed by atoms with Gasteiger partial charge in [0.1, 0.15) is 6.10 Å². The Balaban J connectivity index is 2.01. The van der Waals surface area contributed by atoms with E-state index in [0.29, 0.717) is 5.69 Å². The molecule has 2 aromatic carbocycles. The van der Waals surface area contributed by atoms with Crippen LogP contribution in [-0.4, -0.2) is 20.1 Å². The van der Waals surface area contributed by atoms with Crippen molar-refractivity contribution in [2.45, 2.75) is 13.0 Å². The van der Waals surface area contributed by atoms with Crippen LogP contribution in [0.3, 0.4) is 0 Å². The Hall–Kier alpha value is -1.98. The van der Waals surface area contributed by atoms with Crippen molar-refractivity contribution >= 4 is 15.9 Å². The van der Waals surface area contributed by atoms with Gasteiger partial charge in [0.25, 0.3) is 0 Å². The van der Waals surface area contributed by atoms with E-state index in [9.17, 15) is 5.11 Å². The molecule has 1 atom stereocenters. The smallest absolute Gasteiger partial charge is 0.123 e. The fourth-order valence-electron chi connectivity index (χ4n) is 2.21. The number of halogens is 1. The first-order chi connectivity index (χ1) is 10.2. The number of hydrogen-bond acceptors (Lipinski definition) is 3. The number of rotatable bonds is 3. The molecule has 3 rings (SSSR count). The topological polar surface area (TPSA) is 50.9 Å². The predicted molar refractivity (Wildman–Crippen MR) is 84.3 cm³/mol. The largest absolute Gasteiger partial charge is 0.382 e. The van der Waals surface area contributed by atoms with E-state index < -0.39 is 6.10 Å². The van der Waals surface area contributed by atoms with Crippen molar-refractivity contribution in [1.29, 1.82) is 0 Å². The molecule has 0 amide bonds. The van der Waals surface area contributed by atoms with E-state index in [0.717, 1.165) is 21.3 Å². The van der Waals surface area contributed by atoms with Gasteiger partial charge in [-0.1, -0.05) is 51.5 Å². The minimum atomic E-state index is -0.771. The molecular weight excluding hydrogens is 330 g/mol. The Morgan fingerprint density at radius 1 is 1.14 bits per heavy atom. The van der Waals surface area contributed by atoms with E-state index in [1.807, 2.05) is 55.5 Å². The standard InChI is InChI=1S/C16H14BrN3O/c1-11-9-12(7-8-14(11)17)16(21)15-10-18-19-20(15)13-5-3-2-4-6-13/h2-10,16,21H,1H3. The van der Waals surface area contributed by atoms with Crippen LogP contribution in [0.25, 0.3) is 5.69 Å². The third kappa shape index (κ3) is 2.75. The SMILES string of the molecule is Cc1cc(C(O)c2cnnn2-c2ccccc2)ccc1Br. The van der Waals surface area contributed by atoms with Crippen molar-refractivity contribution in [2.75, 3.05) is 0 Å². The lowest BCUT2D eigenvalue weighted by Crippen LogP contribution is -2.08. The van der Waals surface area contributed by atoms with Gasteiger partial charge in [-0.25, -0.2) is 4.68 Å². The number of aliphatic hydroxyl groups excluding tert-OH is 1. The maximum Gasteiger partial charge on any atom is 0.123 e. The number of nitrogens with zero attached hydrogens (tertiary/aromatic N) is 3. The molecule has 0 saturated heterocycles. The van der Waals surface area contributed by atoms with Crippen LogP contribution < -0.4 is 0 Å². The molecule has 5 heteroatoms. The number of para-hydroxylation sites is 1. The summed E-state index contributed by atoms with van der Waals surface area (Å²) in [5.41, 5.74) is 3.40. The first-order valence-corrected chi connectivity index (χ1v) is 7.36. The zero-order valence-corrected chi connectivity index (χ0v) is 13.0. The van der Waals surface area contributed by atoms with Gasteiger partial charge in [0.2, 0.25) is 0 Å². The van der Waals surface area contributed by atoms with E-state index in [-0.39, 0.29) is 0 Å². The molecular formula is C16H14BrN3O. The van der Waals surface area contributed by atoms with Crippen LogP contribution in [0.5, 0.6) is 0 Å². The monoisotopic (exact) mass is 343 g/mol. The van der Waals surface area contributed by atoms with Crippen LogP contribution in [0.4, 0.5) is 0 Å². The number of aryl methyl sites for hydroxylation is 1. The van der Waals surface area contributed by atoms with Crippen molar-refractivity contribution < 1.29 is 5.11 Å². The summed E-state index contributed by atoms with van der Waals surface area (Å²) in [6.07, 6.45) is 0.821. The zero-order valence-electron chi connectivity index (χ0n) is 11.4. The summed E-state index contributed by atoms with van der Waals surface area (Å²) in [6.45, 7) is 1.99. The van der Waals surface area contributed by atoms with Gasteiger partial charge in [-0.2, -0.15) is 0 Å². The molecule has 1 heterocycles. The van der Waals surface area contributed by atoms with Crippen LogP contribution >= 0.6 is 15.9 Å². The number of hydrogen-bond donors (Lipinski definition) is 1. The maximum atomic E-state index is 10.6. The van der Waals surface area contributed by atoms with Crippen molar-refractivity contribution in [1.82, 2.24) is 15.0 Å². The highest BCUT2D eigenvalue weighted by Crippen LogP contribution is 2.26. The molecule has 0 spiro atoms. The molecule has 21 heavy (non-hydrogen) atoms. The highest BCUT2D eigenvalue weighted by molar-refractivity contribution is 9.10. The minimum absolute atomic E-state index is 0.642. The van der Waals surface area contributed by atoms with Gasteiger partial charge in [0.05, 0.1) is 17.6 Å². The number of benzene rings is 2. The second-order valence-corrected chi connectivity index (χ2v) is 5.67. The highest BCUT2D eigenvalue weighted by atomic mass is 79.9. The van der Waals surface area contributed by atoms with E-state index >= 15 is 0 Å². The summed E-state index contributed by atoms with van der Waals surface area (Å²) in [5.74, 6) is 0. The molecule has 4 nitrogen and oxygen atoms in total. The van der Waals surface area contributed by atoms with Crippen molar-refractivity contribution in [2.24, 2.45) is 0 Å². The van der Waals surface area contributed by atoms with Crippen LogP contribution in [0.15, 0.2) is 59.2 Å². The summed E-state index contributed by atoms with van der Waals surface area (Å²) in [4.78, 5) is 0. The molecule has 0 aliphatic carbocycles. The molecule has 3 aromatic rings. The van der Waals surface area contributed by atoms with Gasteiger partial charge in [0.15, 0.2) is 0 Å². The highest BCUT2D eigenvalue weighted by Gasteiger charge is 2.17. The van der Waals surface area contributed by atoms with E-state index in [1.54, 1.807) is 10.9 Å². The van der Waals surface area contributed by atoms with Gasteiger partial charge >= 0.3 is 0 Å². The summed E-state index contributed by atoms with van der Waals surface area (Å²) in [7, 11) is 0. The molecule has 1 unspecified atom stereocenters. The van der Waals surface area contributed by atoms with Gasteiger partial charge in [-0.05, 0) is 36.2 Å². The molecule has 1 N–H and O–H groups in total. The average molecular weight is 344 g/mol. The Kier molecular flexibility index (Phi) is 3.86.